The van der Waals surface area contributed by atoms with E-state index >= 15 is 0 Å². The van der Waals surface area contributed by atoms with Crippen LogP contribution in [0.1, 0.15) is 19.4 Å². The number of benzene rings is 1. The first-order valence-corrected chi connectivity index (χ1v) is 5.83. The molecule has 4 heteroatoms. The molecule has 4 nitrogen and oxygen atoms in total. The fourth-order valence-electron chi connectivity index (χ4n) is 1.90. The highest BCUT2D eigenvalue weighted by Gasteiger charge is 2.34. The van der Waals surface area contributed by atoms with Gasteiger partial charge >= 0.3 is 11.9 Å². The molecule has 0 spiro atoms. The fourth-order valence-corrected chi connectivity index (χ4v) is 1.90. The van der Waals surface area contributed by atoms with Crippen LogP contribution in [0.25, 0.3) is 6.08 Å². The summed E-state index contributed by atoms with van der Waals surface area (Å²) in [6.45, 7) is 3.54. The number of allylic oxidation sites excluding steroid dienone is 1. The predicted octanol–water partition coefficient (Wildman–Crippen LogP) is 2.50. The van der Waals surface area contributed by atoms with Gasteiger partial charge in [0, 0.05) is 0 Å². The van der Waals surface area contributed by atoms with E-state index in [0.717, 1.165) is 11.1 Å². The molecule has 1 saturated heterocycles. The molecule has 0 radical (unpaired) electrons. The number of methoxy groups -OCH3 is 1. The van der Waals surface area contributed by atoms with Crippen molar-refractivity contribution in [3.05, 3.63) is 46.5 Å². The SMILES string of the molecule is COc1cccc(/C=C2/C(=O)OC(=O)C2=C(C)C)c1. The highest BCUT2D eigenvalue weighted by molar-refractivity contribution is 6.20. The van der Waals surface area contributed by atoms with Gasteiger partial charge in [-0.15, -0.1) is 0 Å². The molecule has 1 aliphatic heterocycles. The Labute approximate surface area is 111 Å². The Bertz CT molecular complexity index is 604. The van der Waals surface area contributed by atoms with Crippen LogP contribution in [0.15, 0.2) is 41.0 Å². The van der Waals surface area contributed by atoms with Gasteiger partial charge in [-0.25, -0.2) is 9.59 Å². The summed E-state index contributed by atoms with van der Waals surface area (Å²) < 4.78 is 9.76. The second-order valence-corrected chi connectivity index (χ2v) is 4.39. The van der Waals surface area contributed by atoms with E-state index in [1.54, 1.807) is 33.1 Å². The summed E-state index contributed by atoms with van der Waals surface area (Å²) in [5, 5.41) is 0. The molecule has 0 N–H and O–H groups in total. The van der Waals surface area contributed by atoms with Crippen LogP contribution in [0.4, 0.5) is 0 Å². The molecule has 1 aliphatic rings. The minimum atomic E-state index is -0.607. The zero-order valence-corrected chi connectivity index (χ0v) is 11.0. The van der Waals surface area contributed by atoms with Crippen molar-refractivity contribution in [3.63, 3.8) is 0 Å². The average molecular weight is 258 g/mol. The lowest BCUT2D eigenvalue weighted by atomic mass is 10.0. The Morgan fingerprint density at radius 1 is 1.21 bits per heavy atom. The van der Waals surface area contributed by atoms with Gasteiger partial charge in [0.25, 0.3) is 0 Å². The third-order valence-electron chi connectivity index (χ3n) is 2.78. The lowest BCUT2D eigenvalue weighted by Crippen LogP contribution is -1.97. The van der Waals surface area contributed by atoms with Crippen molar-refractivity contribution >= 4 is 18.0 Å². The van der Waals surface area contributed by atoms with Crippen molar-refractivity contribution in [1.29, 1.82) is 0 Å². The Morgan fingerprint density at radius 3 is 2.58 bits per heavy atom. The maximum atomic E-state index is 11.7. The molecule has 0 aromatic heterocycles. The number of hydrogen-bond acceptors (Lipinski definition) is 4. The molecule has 1 fully saturated rings. The van der Waals surface area contributed by atoms with E-state index in [1.165, 1.54) is 0 Å². The van der Waals surface area contributed by atoms with E-state index in [9.17, 15) is 9.59 Å². The summed E-state index contributed by atoms with van der Waals surface area (Å²) in [6.07, 6.45) is 1.64. The normalized spacial score (nSPS) is 16.8. The summed E-state index contributed by atoms with van der Waals surface area (Å²) >= 11 is 0. The molecule has 0 unspecified atom stereocenters. The van der Waals surface area contributed by atoms with Crippen LogP contribution < -0.4 is 4.74 Å². The molecular weight excluding hydrogens is 244 g/mol. The number of ether oxygens (including phenoxy) is 2. The molecule has 98 valence electrons. The van der Waals surface area contributed by atoms with Gasteiger partial charge in [-0.1, -0.05) is 17.7 Å². The summed E-state index contributed by atoms with van der Waals surface area (Å²) in [4.78, 5) is 23.3. The number of carbonyl (C=O) groups is 2. The zero-order valence-electron chi connectivity index (χ0n) is 11.0. The molecule has 1 aromatic rings. The lowest BCUT2D eigenvalue weighted by molar-refractivity contribution is -0.149. The Balaban J connectivity index is 2.49. The van der Waals surface area contributed by atoms with Gasteiger partial charge in [0.2, 0.25) is 0 Å². The van der Waals surface area contributed by atoms with E-state index in [1.807, 2.05) is 18.2 Å². The highest BCUT2D eigenvalue weighted by Crippen LogP contribution is 2.27. The van der Waals surface area contributed by atoms with Crippen molar-refractivity contribution in [2.24, 2.45) is 0 Å². The molecular formula is C15H14O4. The van der Waals surface area contributed by atoms with Crippen molar-refractivity contribution in [1.82, 2.24) is 0 Å². The van der Waals surface area contributed by atoms with Crippen molar-refractivity contribution < 1.29 is 19.1 Å². The molecule has 1 aromatic carbocycles. The maximum Gasteiger partial charge on any atom is 0.346 e. The number of carbonyl (C=O) groups excluding carboxylic acids is 2. The Morgan fingerprint density at radius 2 is 1.95 bits per heavy atom. The van der Waals surface area contributed by atoms with Gasteiger partial charge in [0.1, 0.15) is 5.75 Å². The first-order chi connectivity index (χ1) is 9.02. The van der Waals surface area contributed by atoms with E-state index in [0.29, 0.717) is 16.9 Å². The van der Waals surface area contributed by atoms with Gasteiger partial charge in [-0.05, 0) is 37.6 Å². The third-order valence-corrected chi connectivity index (χ3v) is 2.78. The van der Waals surface area contributed by atoms with Crippen LogP contribution in [0, 0.1) is 0 Å². The largest absolute Gasteiger partial charge is 0.497 e. The molecule has 0 aliphatic carbocycles. The van der Waals surface area contributed by atoms with Gasteiger partial charge in [0.15, 0.2) is 0 Å². The van der Waals surface area contributed by atoms with E-state index in [2.05, 4.69) is 4.74 Å². The maximum absolute atomic E-state index is 11.7. The number of hydrogen-bond donors (Lipinski definition) is 0. The first kappa shape index (κ1) is 13.1. The van der Waals surface area contributed by atoms with Crippen molar-refractivity contribution in [2.45, 2.75) is 13.8 Å². The summed E-state index contributed by atoms with van der Waals surface area (Å²) in [6, 6.07) is 7.23. The molecule has 1 heterocycles. The standard InChI is InChI=1S/C15H14O4/c1-9(2)13-12(14(16)19-15(13)17)8-10-5-4-6-11(7-10)18-3/h4-8H,1-3H3/b12-8+. The summed E-state index contributed by atoms with van der Waals surface area (Å²) in [5.41, 5.74) is 2.16. The number of esters is 2. The Hall–Kier alpha value is -2.36. The summed E-state index contributed by atoms with van der Waals surface area (Å²) in [7, 11) is 1.57. The van der Waals surface area contributed by atoms with Crippen LogP contribution in [-0.4, -0.2) is 19.0 Å². The quantitative estimate of drug-likeness (QED) is 0.464. The molecule has 2 rings (SSSR count). The minimum Gasteiger partial charge on any atom is -0.497 e. The van der Waals surface area contributed by atoms with E-state index < -0.39 is 11.9 Å². The minimum absolute atomic E-state index is 0.290. The van der Waals surface area contributed by atoms with Gasteiger partial charge < -0.3 is 9.47 Å². The van der Waals surface area contributed by atoms with Crippen molar-refractivity contribution in [2.75, 3.05) is 7.11 Å². The molecule has 0 amide bonds. The molecule has 0 saturated carbocycles. The van der Waals surface area contributed by atoms with Crippen LogP contribution in [-0.2, 0) is 14.3 Å². The highest BCUT2D eigenvalue weighted by atomic mass is 16.6. The third kappa shape index (κ3) is 2.57. The topological polar surface area (TPSA) is 52.6 Å². The lowest BCUT2D eigenvalue weighted by Gasteiger charge is -2.01. The predicted molar refractivity (Wildman–Crippen MR) is 70.4 cm³/mol. The van der Waals surface area contributed by atoms with Crippen LogP contribution >= 0.6 is 0 Å². The van der Waals surface area contributed by atoms with Crippen LogP contribution in [0.5, 0.6) is 5.75 Å². The smallest absolute Gasteiger partial charge is 0.346 e. The van der Waals surface area contributed by atoms with E-state index in [4.69, 9.17) is 4.74 Å². The number of rotatable bonds is 2. The van der Waals surface area contributed by atoms with Crippen molar-refractivity contribution in [3.8, 4) is 5.75 Å². The monoisotopic (exact) mass is 258 g/mol. The molecule has 0 atom stereocenters. The second kappa shape index (κ2) is 5.10. The first-order valence-electron chi connectivity index (χ1n) is 5.83. The van der Waals surface area contributed by atoms with Gasteiger partial charge in [0.05, 0.1) is 18.3 Å². The molecule has 0 bridgehead atoms. The Kier molecular flexibility index (Phi) is 3.51. The average Bonchev–Trinajstić information content (AvgIpc) is 2.64. The zero-order chi connectivity index (χ0) is 14.0. The van der Waals surface area contributed by atoms with Crippen LogP contribution in [0.3, 0.4) is 0 Å². The van der Waals surface area contributed by atoms with Gasteiger partial charge in [-0.2, -0.15) is 0 Å². The van der Waals surface area contributed by atoms with Crippen LogP contribution in [0.2, 0.25) is 0 Å². The van der Waals surface area contributed by atoms with E-state index in [-0.39, 0.29) is 0 Å². The number of cyclic esters (lactones) is 2. The van der Waals surface area contributed by atoms with Gasteiger partial charge in [-0.3, -0.25) is 0 Å². The fraction of sp³-hybridized carbons (Fsp3) is 0.200. The molecule has 19 heavy (non-hydrogen) atoms. The summed E-state index contributed by atoms with van der Waals surface area (Å²) in [5.74, 6) is -0.506. The second-order valence-electron chi connectivity index (χ2n) is 4.39.